The first-order chi connectivity index (χ1) is 7.13. The minimum atomic E-state index is -1.92. The third-order valence-electron chi connectivity index (χ3n) is 2.67. The topological polar surface area (TPSA) is 35.5 Å². The predicted octanol–water partition coefficient (Wildman–Crippen LogP) is 2.44. The van der Waals surface area contributed by atoms with Crippen molar-refractivity contribution in [3.05, 3.63) is 0 Å². The van der Waals surface area contributed by atoms with E-state index in [1.54, 1.807) is 6.92 Å². The molecule has 0 saturated heterocycles. The lowest BCUT2D eigenvalue weighted by Gasteiger charge is -2.27. The molecule has 3 atom stereocenters. The number of esters is 1. The molecule has 88 valence electrons. The molecule has 0 heterocycles. The minimum Gasteiger partial charge on any atom is -0.462 e. The van der Waals surface area contributed by atoms with Crippen LogP contribution in [0.3, 0.4) is 0 Å². The Labute approximate surface area is 89.9 Å². The van der Waals surface area contributed by atoms with E-state index in [0.29, 0.717) is 5.92 Å². The highest BCUT2D eigenvalue weighted by Gasteiger charge is 2.27. The van der Waals surface area contributed by atoms with Crippen molar-refractivity contribution < 1.29 is 18.7 Å². The van der Waals surface area contributed by atoms with Gasteiger partial charge in [0.25, 0.3) is 6.36 Å². The Morgan fingerprint density at radius 2 is 2.27 bits per heavy atom. The maximum absolute atomic E-state index is 13.2. The second kappa shape index (κ2) is 6.05. The van der Waals surface area contributed by atoms with E-state index in [0.717, 1.165) is 25.7 Å². The molecular weight excluding hydrogens is 199 g/mol. The summed E-state index contributed by atoms with van der Waals surface area (Å²) in [4.78, 5) is 11.0. The zero-order valence-corrected chi connectivity index (χ0v) is 9.37. The number of halogens is 1. The highest BCUT2D eigenvalue weighted by Crippen LogP contribution is 2.26. The second-order valence-corrected chi connectivity index (χ2v) is 4.10. The van der Waals surface area contributed by atoms with E-state index in [1.165, 1.54) is 0 Å². The monoisotopic (exact) mass is 218 g/mol. The molecule has 4 heteroatoms. The summed E-state index contributed by atoms with van der Waals surface area (Å²) in [7, 11) is 0. The van der Waals surface area contributed by atoms with Gasteiger partial charge in [0.1, 0.15) is 0 Å². The molecule has 3 unspecified atom stereocenters. The minimum absolute atomic E-state index is 0.131. The zero-order chi connectivity index (χ0) is 11.3. The van der Waals surface area contributed by atoms with Crippen molar-refractivity contribution in [1.82, 2.24) is 0 Å². The number of alkyl halides is 1. The van der Waals surface area contributed by atoms with Crippen LogP contribution in [0.25, 0.3) is 0 Å². The Balaban J connectivity index is 2.30. The van der Waals surface area contributed by atoms with Crippen LogP contribution in [0.4, 0.5) is 4.39 Å². The molecule has 0 aromatic rings. The molecule has 0 aromatic carbocycles. The van der Waals surface area contributed by atoms with E-state index in [-0.39, 0.29) is 12.7 Å². The van der Waals surface area contributed by atoms with Gasteiger partial charge in [0, 0.05) is 0 Å². The van der Waals surface area contributed by atoms with Gasteiger partial charge < -0.3 is 9.47 Å². The van der Waals surface area contributed by atoms with Crippen LogP contribution >= 0.6 is 0 Å². The summed E-state index contributed by atoms with van der Waals surface area (Å²) in [6, 6.07) is 0. The van der Waals surface area contributed by atoms with Crippen molar-refractivity contribution in [2.75, 3.05) is 6.61 Å². The number of ether oxygens (including phenoxy) is 2. The van der Waals surface area contributed by atoms with Gasteiger partial charge in [-0.3, -0.25) is 0 Å². The fraction of sp³-hybridized carbons (Fsp3) is 0.909. The molecule has 0 aromatic heterocycles. The SMILES string of the molecule is CCOC(=O)C(F)OC1CCCC(C)C1. The molecule has 1 rings (SSSR count). The van der Waals surface area contributed by atoms with Crippen molar-refractivity contribution >= 4 is 5.97 Å². The van der Waals surface area contributed by atoms with Crippen molar-refractivity contribution in [2.24, 2.45) is 5.92 Å². The Bertz CT molecular complexity index is 208. The molecule has 0 spiro atoms. The number of hydrogen-bond donors (Lipinski definition) is 0. The molecular formula is C11H19FO3. The first-order valence-corrected chi connectivity index (χ1v) is 5.59. The Kier molecular flexibility index (Phi) is 5.02. The van der Waals surface area contributed by atoms with Gasteiger partial charge in [0.2, 0.25) is 0 Å². The van der Waals surface area contributed by atoms with Crippen LogP contribution in [0.5, 0.6) is 0 Å². The van der Waals surface area contributed by atoms with Gasteiger partial charge in [-0.25, -0.2) is 9.18 Å². The Hall–Kier alpha value is -0.640. The van der Waals surface area contributed by atoms with E-state index in [1.807, 2.05) is 0 Å². The molecule has 1 aliphatic rings. The summed E-state index contributed by atoms with van der Waals surface area (Å²) in [5.41, 5.74) is 0. The van der Waals surface area contributed by atoms with Crippen LogP contribution < -0.4 is 0 Å². The van der Waals surface area contributed by atoms with Crippen LogP contribution in [0.15, 0.2) is 0 Å². The Morgan fingerprint density at radius 3 is 2.87 bits per heavy atom. The van der Waals surface area contributed by atoms with Gasteiger partial charge in [0.05, 0.1) is 12.7 Å². The number of carbonyl (C=O) groups excluding carboxylic acids is 1. The predicted molar refractivity (Wildman–Crippen MR) is 54.0 cm³/mol. The summed E-state index contributed by atoms with van der Waals surface area (Å²) >= 11 is 0. The maximum atomic E-state index is 13.2. The zero-order valence-electron chi connectivity index (χ0n) is 9.37. The average molecular weight is 218 g/mol. The molecule has 15 heavy (non-hydrogen) atoms. The lowest BCUT2D eigenvalue weighted by atomic mass is 9.89. The molecule has 0 bridgehead atoms. The van der Waals surface area contributed by atoms with Crippen LogP contribution in [0.1, 0.15) is 39.5 Å². The number of rotatable bonds is 4. The van der Waals surface area contributed by atoms with Crippen molar-refractivity contribution in [2.45, 2.75) is 52.0 Å². The van der Waals surface area contributed by atoms with Gasteiger partial charge in [-0.1, -0.05) is 19.8 Å². The fourth-order valence-electron chi connectivity index (χ4n) is 1.93. The summed E-state index contributed by atoms with van der Waals surface area (Å²) in [5, 5.41) is 0. The largest absolute Gasteiger partial charge is 0.462 e. The van der Waals surface area contributed by atoms with Crippen molar-refractivity contribution in [3.8, 4) is 0 Å². The second-order valence-electron chi connectivity index (χ2n) is 4.10. The van der Waals surface area contributed by atoms with E-state index >= 15 is 0 Å². The number of carbonyl (C=O) groups is 1. The summed E-state index contributed by atoms with van der Waals surface area (Å²) in [6.07, 6.45) is 1.83. The van der Waals surface area contributed by atoms with Gasteiger partial charge in [-0.15, -0.1) is 0 Å². The van der Waals surface area contributed by atoms with Crippen LogP contribution in [0, 0.1) is 5.92 Å². The van der Waals surface area contributed by atoms with Crippen molar-refractivity contribution in [1.29, 1.82) is 0 Å². The third-order valence-corrected chi connectivity index (χ3v) is 2.67. The van der Waals surface area contributed by atoms with Gasteiger partial charge in [-0.2, -0.15) is 0 Å². The first kappa shape index (κ1) is 12.4. The third kappa shape index (κ3) is 4.16. The molecule has 1 aliphatic carbocycles. The molecule has 0 aliphatic heterocycles. The highest BCUT2D eigenvalue weighted by molar-refractivity contribution is 5.72. The molecule has 0 N–H and O–H groups in total. The van der Waals surface area contributed by atoms with Crippen LogP contribution in [0.2, 0.25) is 0 Å². The number of hydrogen-bond acceptors (Lipinski definition) is 3. The normalized spacial score (nSPS) is 28.5. The van der Waals surface area contributed by atoms with Gasteiger partial charge >= 0.3 is 5.97 Å². The molecule has 0 radical (unpaired) electrons. The molecule has 1 fully saturated rings. The molecule has 3 nitrogen and oxygen atoms in total. The Morgan fingerprint density at radius 1 is 1.53 bits per heavy atom. The van der Waals surface area contributed by atoms with E-state index in [2.05, 4.69) is 11.7 Å². The maximum Gasteiger partial charge on any atom is 0.368 e. The lowest BCUT2D eigenvalue weighted by molar-refractivity contribution is -0.179. The summed E-state index contributed by atoms with van der Waals surface area (Å²) in [6.45, 7) is 3.95. The van der Waals surface area contributed by atoms with Crippen LogP contribution in [-0.2, 0) is 14.3 Å². The van der Waals surface area contributed by atoms with E-state index in [9.17, 15) is 9.18 Å². The van der Waals surface area contributed by atoms with Gasteiger partial charge in [-0.05, 0) is 25.7 Å². The fourth-order valence-corrected chi connectivity index (χ4v) is 1.93. The smallest absolute Gasteiger partial charge is 0.368 e. The average Bonchev–Trinajstić information content (AvgIpc) is 2.18. The van der Waals surface area contributed by atoms with Crippen LogP contribution in [-0.4, -0.2) is 25.0 Å². The van der Waals surface area contributed by atoms with E-state index in [4.69, 9.17) is 4.74 Å². The molecule has 1 saturated carbocycles. The van der Waals surface area contributed by atoms with E-state index < -0.39 is 12.3 Å². The van der Waals surface area contributed by atoms with Crippen molar-refractivity contribution in [3.63, 3.8) is 0 Å². The summed E-state index contributed by atoms with van der Waals surface area (Å²) < 4.78 is 22.8. The standard InChI is InChI=1S/C11H19FO3/c1-3-14-11(13)10(12)15-9-6-4-5-8(2)7-9/h8-10H,3-7H2,1-2H3. The lowest BCUT2D eigenvalue weighted by Crippen LogP contribution is -2.30. The molecule has 0 amide bonds. The highest BCUT2D eigenvalue weighted by atomic mass is 19.1. The van der Waals surface area contributed by atoms with Gasteiger partial charge in [0.15, 0.2) is 0 Å². The quantitative estimate of drug-likeness (QED) is 0.680. The first-order valence-electron chi connectivity index (χ1n) is 5.59. The summed E-state index contributed by atoms with van der Waals surface area (Å²) in [5.74, 6) is -0.353.